The molecule has 1 aliphatic carbocycles. The second-order valence-corrected chi connectivity index (χ2v) is 3.34. The molecule has 0 aromatic heterocycles. The summed E-state index contributed by atoms with van der Waals surface area (Å²) >= 11 is 0. The number of carbonyl (C=O) groups excluding carboxylic acids is 1. The zero-order chi connectivity index (χ0) is 9.14. The molecule has 0 saturated heterocycles. The molecular weight excluding hydrogens is 154 g/mol. The highest BCUT2D eigenvalue weighted by Crippen LogP contribution is 2.26. The Hall–Kier alpha value is -0.990. The third-order valence-corrected chi connectivity index (χ3v) is 2.27. The average Bonchev–Trinajstić information content (AvgIpc) is 2.03. The Morgan fingerprint density at radius 1 is 1.67 bits per heavy atom. The van der Waals surface area contributed by atoms with E-state index in [1.54, 1.807) is 0 Å². The molecule has 0 bridgehead atoms. The predicted molar refractivity (Wildman–Crippen MR) is 46.2 cm³/mol. The van der Waals surface area contributed by atoms with Crippen LogP contribution in [-0.2, 0) is 9.53 Å². The fourth-order valence-corrected chi connectivity index (χ4v) is 1.51. The Balaban J connectivity index is 2.75. The Kier molecular flexibility index (Phi) is 2.74. The minimum absolute atomic E-state index is 0.264. The van der Waals surface area contributed by atoms with Gasteiger partial charge in [0.1, 0.15) is 0 Å². The first-order valence-electron chi connectivity index (χ1n) is 4.21. The van der Waals surface area contributed by atoms with Crippen LogP contribution in [0.25, 0.3) is 0 Å². The molecule has 3 nitrogen and oxygen atoms in total. The van der Waals surface area contributed by atoms with Crippen LogP contribution in [0.3, 0.4) is 0 Å². The maximum atomic E-state index is 11.1. The molecule has 0 radical (unpaired) electrons. The van der Waals surface area contributed by atoms with E-state index in [9.17, 15) is 4.79 Å². The summed E-state index contributed by atoms with van der Waals surface area (Å²) in [5.74, 6) is 0.331. The molecule has 2 N–H and O–H groups in total. The van der Waals surface area contributed by atoms with Gasteiger partial charge in [-0.2, -0.15) is 0 Å². The highest BCUT2D eigenvalue weighted by atomic mass is 16.5. The van der Waals surface area contributed by atoms with Crippen molar-refractivity contribution in [2.45, 2.75) is 26.2 Å². The van der Waals surface area contributed by atoms with Crippen molar-refractivity contribution in [3.63, 3.8) is 0 Å². The summed E-state index contributed by atoms with van der Waals surface area (Å²) in [4.78, 5) is 11.1. The maximum absolute atomic E-state index is 11.1. The minimum Gasteiger partial charge on any atom is -0.466 e. The van der Waals surface area contributed by atoms with E-state index in [2.05, 4.69) is 11.7 Å². The number of esters is 1. The Labute approximate surface area is 72.6 Å². The summed E-state index contributed by atoms with van der Waals surface area (Å²) in [6.07, 6.45) is 2.62. The highest BCUT2D eigenvalue weighted by molar-refractivity contribution is 5.89. The van der Waals surface area contributed by atoms with Gasteiger partial charge in [-0.15, -0.1) is 0 Å². The molecule has 0 saturated carbocycles. The van der Waals surface area contributed by atoms with Crippen molar-refractivity contribution in [1.82, 2.24) is 0 Å². The highest BCUT2D eigenvalue weighted by Gasteiger charge is 2.21. The lowest BCUT2D eigenvalue weighted by Gasteiger charge is -2.20. The van der Waals surface area contributed by atoms with Crippen LogP contribution in [0.15, 0.2) is 11.3 Å². The lowest BCUT2D eigenvalue weighted by atomic mass is 9.89. The van der Waals surface area contributed by atoms with Crippen molar-refractivity contribution in [3.05, 3.63) is 11.3 Å². The molecule has 0 aromatic rings. The topological polar surface area (TPSA) is 52.3 Å². The normalized spacial score (nSPS) is 24.0. The third kappa shape index (κ3) is 1.78. The van der Waals surface area contributed by atoms with E-state index in [1.807, 2.05) is 0 Å². The first-order chi connectivity index (χ1) is 5.65. The summed E-state index contributed by atoms with van der Waals surface area (Å²) in [5.41, 5.74) is 7.11. The molecule has 1 atom stereocenters. The van der Waals surface area contributed by atoms with Crippen LogP contribution in [0.2, 0.25) is 0 Å². The maximum Gasteiger partial charge on any atom is 0.335 e. The molecule has 68 valence electrons. The van der Waals surface area contributed by atoms with Crippen molar-refractivity contribution < 1.29 is 9.53 Å². The van der Waals surface area contributed by atoms with Gasteiger partial charge in [-0.05, 0) is 25.2 Å². The zero-order valence-electron chi connectivity index (χ0n) is 7.59. The lowest BCUT2D eigenvalue weighted by Crippen LogP contribution is -2.19. The van der Waals surface area contributed by atoms with Crippen LogP contribution in [0, 0.1) is 5.92 Å². The summed E-state index contributed by atoms with van der Waals surface area (Å²) in [6, 6.07) is 0. The van der Waals surface area contributed by atoms with Gasteiger partial charge in [0.05, 0.1) is 12.7 Å². The lowest BCUT2D eigenvalue weighted by molar-refractivity contribution is -0.136. The van der Waals surface area contributed by atoms with Crippen LogP contribution in [0.5, 0.6) is 0 Å². The van der Waals surface area contributed by atoms with E-state index in [4.69, 9.17) is 5.73 Å². The number of hydrogen-bond acceptors (Lipinski definition) is 3. The van der Waals surface area contributed by atoms with Crippen LogP contribution < -0.4 is 5.73 Å². The van der Waals surface area contributed by atoms with Crippen molar-refractivity contribution >= 4 is 5.97 Å². The summed E-state index contributed by atoms with van der Waals surface area (Å²) in [7, 11) is 1.39. The van der Waals surface area contributed by atoms with E-state index in [0.29, 0.717) is 17.2 Å². The number of nitrogens with two attached hydrogens (primary N) is 1. The summed E-state index contributed by atoms with van der Waals surface area (Å²) in [6.45, 7) is 2.14. The molecule has 0 spiro atoms. The smallest absolute Gasteiger partial charge is 0.335 e. The Morgan fingerprint density at radius 2 is 2.33 bits per heavy atom. The number of ether oxygens (including phenoxy) is 1. The van der Waals surface area contributed by atoms with Gasteiger partial charge in [0.15, 0.2) is 0 Å². The summed E-state index contributed by atoms with van der Waals surface area (Å²) < 4.78 is 4.62. The quantitative estimate of drug-likeness (QED) is 0.600. The monoisotopic (exact) mass is 169 g/mol. The third-order valence-electron chi connectivity index (χ3n) is 2.27. The fraction of sp³-hybridized carbons (Fsp3) is 0.667. The van der Waals surface area contributed by atoms with Crippen molar-refractivity contribution in [3.8, 4) is 0 Å². The number of methoxy groups -OCH3 is 1. The van der Waals surface area contributed by atoms with Gasteiger partial charge in [-0.3, -0.25) is 0 Å². The van der Waals surface area contributed by atoms with Gasteiger partial charge in [-0.1, -0.05) is 6.92 Å². The average molecular weight is 169 g/mol. The van der Waals surface area contributed by atoms with Gasteiger partial charge in [-0.25, -0.2) is 4.79 Å². The molecular formula is C9H15NO2. The SMILES string of the molecule is COC(=O)C1=C(N)C[C@H](C)CC1. The second kappa shape index (κ2) is 3.61. The molecule has 0 aromatic carbocycles. The van der Waals surface area contributed by atoms with Crippen LogP contribution in [-0.4, -0.2) is 13.1 Å². The number of hydrogen-bond donors (Lipinski definition) is 1. The molecule has 1 aliphatic rings. The zero-order valence-corrected chi connectivity index (χ0v) is 7.59. The van der Waals surface area contributed by atoms with Crippen LogP contribution in [0.4, 0.5) is 0 Å². The molecule has 0 unspecified atom stereocenters. The fourth-order valence-electron chi connectivity index (χ4n) is 1.51. The second-order valence-electron chi connectivity index (χ2n) is 3.34. The van der Waals surface area contributed by atoms with Gasteiger partial charge < -0.3 is 10.5 Å². The number of carbonyl (C=O) groups is 1. The molecule has 0 amide bonds. The molecule has 0 heterocycles. The van der Waals surface area contributed by atoms with E-state index < -0.39 is 0 Å². The first kappa shape index (κ1) is 9.10. The van der Waals surface area contributed by atoms with E-state index in [1.165, 1.54) is 7.11 Å². The summed E-state index contributed by atoms with van der Waals surface area (Å²) in [5, 5.41) is 0. The largest absolute Gasteiger partial charge is 0.466 e. The van der Waals surface area contributed by atoms with E-state index >= 15 is 0 Å². The Morgan fingerprint density at radius 3 is 2.83 bits per heavy atom. The number of rotatable bonds is 1. The molecule has 0 fully saturated rings. The molecule has 0 aliphatic heterocycles. The van der Waals surface area contributed by atoms with Crippen LogP contribution >= 0.6 is 0 Å². The number of allylic oxidation sites excluding steroid dienone is 1. The predicted octanol–water partition coefficient (Wildman–Crippen LogP) is 1.19. The van der Waals surface area contributed by atoms with Crippen LogP contribution in [0.1, 0.15) is 26.2 Å². The van der Waals surface area contributed by atoms with Crippen molar-refractivity contribution in [2.75, 3.05) is 7.11 Å². The minimum atomic E-state index is -0.264. The van der Waals surface area contributed by atoms with Crippen molar-refractivity contribution in [1.29, 1.82) is 0 Å². The molecule has 3 heteroatoms. The standard InChI is InChI=1S/C9H15NO2/c1-6-3-4-7(8(10)5-6)9(11)12-2/h6H,3-5,10H2,1-2H3/t6-/m1/s1. The van der Waals surface area contributed by atoms with Gasteiger partial charge >= 0.3 is 5.97 Å². The Bertz CT molecular complexity index is 221. The van der Waals surface area contributed by atoms with Crippen molar-refractivity contribution in [2.24, 2.45) is 11.7 Å². The van der Waals surface area contributed by atoms with E-state index in [0.717, 1.165) is 19.3 Å². The van der Waals surface area contributed by atoms with Gasteiger partial charge in [0, 0.05) is 5.70 Å². The molecule has 1 rings (SSSR count). The molecule has 12 heavy (non-hydrogen) atoms. The van der Waals surface area contributed by atoms with Gasteiger partial charge in [0.25, 0.3) is 0 Å². The first-order valence-corrected chi connectivity index (χ1v) is 4.21. The van der Waals surface area contributed by atoms with E-state index in [-0.39, 0.29) is 5.97 Å². The van der Waals surface area contributed by atoms with Gasteiger partial charge in [0.2, 0.25) is 0 Å².